The summed E-state index contributed by atoms with van der Waals surface area (Å²) in [6.45, 7) is 3.36. The van der Waals surface area contributed by atoms with Crippen molar-refractivity contribution in [3.05, 3.63) is 104 Å². The summed E-state index contributed by atoms with van der Waals surface area (Å²) in [7, 11) is 0. The van der Waals surface area contributed by atoms with Crippen molar-refractivity contribution in [3.63, 3.8) is 0 Å². The van der Waals surface area contributed by atoms with Gasteiger partial charge in [-0.1, -0.05) is 23.7 Å². The second-order valence-electron chi connectivity index (χ2n) is 7.96. The Labute approximate surface area is 216 Å². The first kappa shape index (κ1) is 25.5. The number of benzene rings is 2. The Balaban J connectivity index is 1.70. The number of aromatic nitrogens is 4. The summed E-state index contributed by atoms with van der Waals surface area (Å²) in [6, 6.07) is 16.9. The average molecular weight is 522 g/mol. The van der Waals surface area contributed by atoms with Crippen molar-refractivity contribution < 1.29 is 9.53 Å². The number of ether oxygens (including phenoxy) is 1. The zero-order chi connectivity index (χ0) is 26.5. The Hall–Kier alpha value is -4.64. The average Bonchev–Trinajstić information content (AvgIpc) is 2.87. The molecule has 3 N–H and O–H groups in total. The lowest BCUT2D eigenvalue weighted by Crippen LogP contribution is -2.57. The van der Waals surface area contributed by atoms with Crippen LogP contribution in [0.5, 0.6) is 11.5 Å². The number of hydrogen-bond donors (Lipinski definition) is 2. The third-order valence-electron chi connectivity index (χ3n) is 5.26. The molecule has 2 aromatic heterocycles. The van der Waals surface area contributed by atoms with Crippen LogP contribution in [-0.2, 0) is 17.9 Å². The number of nitrogens with two attached hydrogens (primary N) is 1. The molecule has 1 amide bonds. The van der Waals surface area contributed by atoms with Crippen LogP contribution in [0.3, 0.4) is 0 Å². The van der Waals surface area contributed by atoms with Crippen LogP contribution < -0.4 is 32.9 Å². The summed E-state index contributed by atoms with van der Waals surface area (Å²) in [5, 5.41) is 3.16. The SMILES string of the molecule is CCn1c(=O)n(N)/c(=N\c2ccc(Oc3ccnc(NC(C)=O)c3)cc2)n(Cc2ccc(Cl)cc2)c1=O. The molecule has 0 spiro atoms. The molecule has 0 saturated heterocycles. The zero-order valence-corrected chi connectivity index (χ0v) is 20.8. The van der Waals surface area contributed by atoms with Gasteiger partial charge in [-0.05, 0) is 55.0 Å². The number of anilines is 1. The summed E-state index contributed by atoms with van der Waals surface area (Å²) < 4.78 is 9.05. The predicted molar refractivity (Wildman–Crippen MR) is 140 cm³/mol. The van der Waals surface area contributed by atoms with Gasteiger partial charge in [-0.2, -0.15) is 4.68 Å². The van der Waals surface area contributed by atoms with Gasteiger partial charge in [-0.3, -0.25) is 9.36 Å². The summed E-state index contributed by atoms with van der Waals surface area (Å²) in [4.78, 5) is 45.6. The minimum Gasteiger partial charge on any atom is -0.457 e. The molecule has 0 saturated carbocycles. The highest BCUT2D eigenvalue weighted by Crippen LogP contribution is 2.25. The van der Waals surface area contributed by atoms with E-state index in [1.807, 2.05) is 0 Å². The molecule has 37 heavy (non-hydrogen) atoms. The Bertz CT molecular complexity index is 1620. The molecular weight excluding hydrogens is 498 g/mol. The Morgan fingerprint density at radius 3 is 2.38 bits per heavy atom. The van der Waals surface area contributed by atoms with E-state index in [9.17, 15) is 14.4 Å². The number of halogens is 1. The van der Waals surface area contributed by atoms with E-state index >= 15 is 0 Å². The number of carbonyl (C=O) groups excluding carboxylic acids is 1. The quantitative estimate of drug-likeness (QED) is 0.358. The van der Waals surface area contributed by atoms with Crippen LogP contribution in [0.15, 0.2) is 81.4 Å². The standard InChI is InChI=1S/C25H24ClN7O4/c1-3-31-24(35)32(15-17-4-6-18(26)7-5-17)23(33(27)25(31)36)30-19-8-10-20(11-9-19)37-21-12-13-28-22(14-21)29-16(2)34/h4-14H,3,15,27H2,1-2H3,(H,28,29,34)/b30-23-. The monoisotopic (exact) mass is 521 g/mol. The maximum atomic E-state index is 13.1. The number of carbonyl (C=O) groups is 1. The molecule has 11 nitrogen and oxygen atoms in total. The molecule has 2 aromatic carbocycles. The lowest BCUT2D eigenvalue weighted by Gasteiger charge is -2.13. The van der Waals surface area contributed by atoms with Crippen LogP contribution in [0.4, 0.5) is 11.5 Å². The van der Waals surface area contributed by atoms with Gasteiger partial charge in [0.15, 0.2) is 0 Å². The molecule has 0 aliphatic rings. The van der Waals surface area contributed by atoms with Crippen molar-refractivity contribution >= 4 is 29.0 Å². The minimum atomic E-state index is -0.675. The summed E-state index contributed by atoms with van der Waals surface area (Å²) in [6.07, 6.45) is 1.52. The van der Waals surface area contributed by atoms with E-state index in [0.29, 0.717) is 28.0 Å². The fourth-order valence-electron chi connectivity index (χ4n) is 3.52. The highest BCUT2D eigenvalue weighted by atomic mass is 35.5. The Morgan fingerprint density at radius 1 is 1.03 bits per heavy atom. The van der Waals surface area contributed by atoms with Crippen LogP contribution in [0, 0.1) is 0 Å². The molecule has 0 atom stereocenters. The molecule has 0 aliphatic heterocycles. The molecule has 0 bridgehead atoms. The molecule has 12 heteroatoms. The van der Waals surface area contributed by atoms with Gasteiger partial charge in [0.05, 0.1) is 12.2 Å². The van der Waals surface area contributed by atoms with Crippen LogP contribution in [0.25, 0.3) is 0 Å². The summed E-state index contributed by atoms with van der Waals surface area (Å²) in [5.41, 5.74) is 0.00115. The van der Waals surface area contributed by atoms with E-state index in [2.05, 4.69) is 15.3 Å². The molecular formula is C25H24ClN7O4. The largest absolute Gasteiger partial charge is 0.457 e. The van der Waals surface area contributed by atoms with Crippen molar-refractivity contribution in [2.45, 2.75) is 26.9 Å². The number of pyridine rings is 1. The highest BCUT2D eigenvalue weighted by molar-refractivity contribution is 6.30. The van der Waals surface area contributed by atoms with Gasteiger partial charge in [0.2, 0.25) is 11.5 Å². The van der Waals surface area contributed by atoms with Crippen molar-refractivity contribution in [3.8, 4) is 11.5 Å². The number of nitrogens with zero attached hydrogens (tertiary/aromatic N) is 5. The van der Waals surface area contributed by atoms with E-state index in [4.69, 9.17) is 22.2 Å². The van der Waals surface area contributed by atoms with Crippen LogP contribution in [0.2, 0.25) is 5.02 Å². The first-order valence-electron chi connectivity index (χ1n) is 11.3. The minimum absolute atomic E-state index is 0.0163. The Kier molecular flexibility index (Phi) is 7.54. The third kappa shape index (κ3) is 5.96. The number of nitrogens with one attached hydrogen (secondary N) is 1. The van der Waals surface area contributed by atoms with Gasteiger partial charge in [0.1, 0.15) is 17.3 Å². The van der Waals surface area contributed by atoms with Crippen molar-refractivity contribution in [1.82, 2.24) is 18.8 Å². The van der Waals surface area contributed by atoms with Gasteiger partial charge < -0.3 is 15.9 Å². The van der Waals surface area contributed by atoms with Crippen LogP contribution >= 0.6 is 11.6 Å². The second kappa shape index (κ2) is 11.0. The topological polar surface area (TPSA) is 139 Å². The molecule has 0 unspecified atom stereocenters. The first-order chi connectivity index (χ1) is 17.7. The van der Waals surface area contributed by atoms with Crippen LogP contribution in [-0.4, -0.2) is 24.7 Å². The molecule has 4 aromatic rings. The van der Waals surface area contributed by atoms with E-state index in [1.54, 1.807) is 67.6 Å². The second-order valence-corrected chi connectivity index (χ2v) is 8.39. The number of rotatable bonds is 7. The van der Waals surface area contributed by atoms with Crippen molar-refractivity contribution in [2.75, 3.05) is 11.2 Å². The van der Waals surface area contributed by atoms with Crippen LogP contribution in [0.1, 0.15) is 19.4 Å². The van der Waals surface area contributed by atoms with E-state index < -0.39 is 11.4 Å². The lowest BCUT2D eigenvalue weighted by atomic mass is 10.2. The maximum Gasteiger partial charge on any atom is 0.353 e. The normalized spacial score (nSPS) is 11.4. The maximum absolute atomic E-state index is 13.1. The third-order valence-corrected chi connectivity index (χ3v) is 5.51. The van der Waals surface area contributed by atoms with E-state index in [0.717, 1.165) is 14.8 Å². The zero-order valence-electron chi connectivity index (χ0n) is 20.1. The van der Waals surface area contributed by atoms with E-state index in [1.165, 1.54) is 17.7 Å². The molecule has 190 valence electrons. The van der Waals surface area contributed by atoms with Gasteiger partial charge in [0.25, 0.3) is 0 Å². The number of hydrogen-bond acceptors (Lipinski definition) is 7. The Morgan fingerprint density at radius 2 is 1.73 bits per heavy atom. The number of amides is 1. The van der Waals surface area contributed by atoms with Gasteiger partial charge in [-0.25, -0.2) is 24.1 Å². The van der Waals surface area contributed by atoms with Gasteiger partial charge >= 0.3 is 11.4 Å². The molecule has 4 rings (SSSR count). The summed E-state index contributed by atoms with van der Waals surface area (Å²) in [5.74, 6) is 7.18. The lowest BCUT2D eigenvalue weighted by molar-refractivity contribution is -0.114. The molecule has 2 heterocycles. The fourth-order valence-corrected chi connectivity index (χ4v) is 3.64. The first-order valence-corrected chi connectivity index (χ1v) is 11.7. The van der Waals surface area contributed by atoms with Crippen molar-refractivity contribution in [1.29, 1.82) is 0 Å². The van der Waals surface area contributed by atoms with Gasteiger partial charge in [-0.15, -0.1) is 0 Å². The van der Waals surface area contributed by atoms with Gasteiger partial charge in [0, 0.05) is 30.8 Å². The molecule has 0 radical (unpaired) electrons. The molecule has 0 aliphatic carbocycles. The predicted octanol–water partition coefficient (Wildman–Crippen LogP) is 2.62. The fraction of sp³-hybridized carbons (Fsp3) is 0.160. The smallest absolute Gasteiger partial charge is 0.353 e. The van der Waals surface area contributed by atoms with Crippen molar-refractivity contribution in [2.24, 2.45) is 4.99 Å². The van der Waals surface area contributed by atoms with E-state index in [-0.39, 0.29) is 24.6 Å². The molecule has 0 fully saturated rings. The number of nitrogen functional groups attached to an aromatic ring is 1. The summed E-state index contributed by atoms with van der Waals surface area (Å²) >= 11 is 5.98. The highest BCUT2D eigenvalue weighted by Gasteiger charge is 2.13.